The van der Waals surface area contributed by atoms with Crippen molar-refractivity contribution in [2.45, 2.75) is 6.04 Å². The Kier molecular flexibility index (Phi) is 5.52. The Bertz CT molecular complexity index is 1010. The van der Waals surface area contributed by atoms with E-state index in [0.717, 1.165) is 11.3 Å². The van der Waals surface area contributed by atoms with Gasteiger partial charge in [0.15, 0.2) is 5.69 Å². The molecule has 0 saturated carbocycles. The minimum absolute atomic E-state index is 0.0434. The predicted octanol–water partition coefficient (Wildman–Crippen LogP) is 1.96. The molecule has 1 aromatic heterocycles. The number of aromatic nitrogens is 2. The van der Waals surface area contributed by atoms with Gasteiger partial charge < -0.3 is 15.0 Å². The number of rotatable bonds is 6. The van der Waals surface area contributed by atoms with E-state index >= 15 is 0 Å². The molecular formula is C20H22N4O3. The highest BCUT2D eigenvalue weighted by molar-refractivity contribution is 6.04. The Labute approximate surface area is 157 Å². The van der Waals surface area contributed by atoms with Gasteiger partial charge >= 0.3 is 0 Å². The lowest BCUT2D eigenvalue weighted by molar-refractivity contribution is 0.0937. The van der Waals surface area contributed by atoms with Gasteiger partial charge in [0, 0.05) is 11.9 Å². The summed E-state index contributed by atoms with van der Waals surface area (Å²) in [6.07, 6.45) is 0. The molecule has 0 saturated heterocycles. The second-order valence-corrected chi connectivity index (χ2v) is 6.41. The molecule has 0 unspecified atom stereocenters. The summed E-state index contributed by atoms with van der Waals surface area (Å²) < 4.78 is 5.29. The normalized spacial score (nSPS) is 12.1. The topological polar surface area (TPSA) is 87.3 Å². The molecule has 2 aromatic carbocycles. The summed E-state index contributed by atoms with van der Waals surface area (Å²) >= 11 is 0. The van der Waals surface area contributed by atoms with Crippen molar-refractivity contribution in [1.82, 2.24) is 20.4 Å². The van der Waals surface area contributed by atoms with Crippen molar-refractivity contribution in [3.8, 4) is 5.75 Å². The molecule has 0 fully saturated rings. The van der Waals surface area contributed by atoms with Crippen molar-refractivity contribution in [1.29, 1.82) is 0 Å². The van der Waals surface area contributed by atoms with Crippen LogP contribution in [0.15, 0.2) is 53.3 Å². The second-order valence-electron chi connectivity index (χ2n) is 6.41. The van der Waals surface area contributed by atoms with E-state index in [0.29, 0.717) is 17.3 Å². The molecule has 3 aromatic rings. The largest absolute Gasteiger partial charge is 0.497 e. The van der Waals surface area contributed by atoms with Crippen molar-refractivity contribution in [3.63, 3.8) is 0 Å². The van der Waals surface area contributed by atoms with Crippen molar-refractivity contribution < 1.29 is 9.53 Å². The van der Waals surface area contributed by atoms with E-state index < -0.39 is 0 Å². The van der Waals surface area contributed by atoms with Crippen LogP contribution in [0.5, 0.6) is 5.75 Å². The van der Waals surface area contributed by atoms with E-state index in [1.807, 2.05) is 43.3 Å². The number of ether oxygens (including phenoxy) is 1. The SMILES string of the molecule is COc1cccc([C@@H](CNC(=O)c2n[nH]c(=O)c3ccccc23)N(C)C)c1. The molecule has 0 spiro atoms. The number of aromatic amines is 1. The Morgan fingerprint density at radius 3 is 2.63 bits per heavy atom. The summed E-state index contributed by atoms with van der Waals surface area (Å²) in [7, 11) is 5.52. The third kappa shape index (κ3) is 3.98. The Morgan fingerprint density at radius 2 is 1.93 bits per heavy atom. The number of fused-ring (bicyclic) bond motifs is 1. The fraction of sp³-hybridized carbons (Fsp3) is 0.250. The average molecular weight is 366 g/mol. The molecule has 1 amide bonds. The first-order valence-electron chi connectivity index (χ1n) is 8.57. The van der Waals surface area contributed by atoms with E-state index in [1.54, 1.807) is 31.4 Å². The molecule has 2 N–H and O–H groups in total. The summed E-state index contributed by atoms with van der Waals surface area (Å²) in [5.41, 5.74) is 0.914. The van der Waals surface area contributed by atoms with E-state index in [-0.39, 0.29) is 23.2 Å². The number of benzene rings is 2. The third-order valence-electron chi connectivity index (χ3n) is 4.47. The van der Waals surface area contributed by atoms with Gasteiger partial charge in [0.2, 0.25) is 0 Å². The maximum Gasteiger partial charge on any atom is 0.272 e. The highest BCUT2D eigenvalue weighted by atomic mass is 16.5. The van der Waals surface area contributed by atoms with Gasteiger partial charge in [-0.1, -0.05) is 30.3 Å². The van der Waals surface area contributed by atoms with Crippen molar-refractivity contribution >= 4 is 16.7 Å². The predicted molar refractivity (Wildman–Crippen MR) is 104 cm³/mol. The first kappa shape index (κ1) is 18.6. The van der Waals surface area contributed by atoms with Crippen LogP contribution in [0, 0.1) is 0 Å². The van der Waals surface area contributed by atoms with Crippen LogP contribution in [0.1, 0.15) is 22.1 Å². The second kappa shape index (κ2) is 8.01. The fourth-order valence-corrected chi connectivity index (χ4v) is 3.01. The van der Waals surface area contributed by atoms with Crippen LogP contribution >= 0.6 is 0 Å². The van der Waals surface area contributed by atoms with Crippen LogP contribution in [-0.4, -0.2) is 48.8 Å². The smallest absolute Gasteiger partial charge is 0.272 e. The quantitative estimate of drug-likeness (QED) is 0.696. The van der Waals surface area contributed by atoms with Crippen molar-refractivity contribution in [2.75, 3.05) is 27.7 Å². The van der Waals surface area contributed by atoms with Crippen LogP contribution in [0.2, 0.25) is 0 Å². The summed E-state index contributed by atoms with van der Waals surface area (Å²) in [6.45, 7) is 0.383. The number of hydrogen-bond donors (Lipinski definition) is 2. The molecule has 1 heterocycles. The van der Waals surface area contributed by atoms with Gasteiger partial charge in [0.05, 0.1) is 18.5 Å². The van der Waals surface area contributed by atoms with Gasteiger partial charge in [-0.15, -0.1) is 0 Å². The Balaban J connectivity index is 1.83. The highest BCUT2D eigenvalue weighted by Gasteiger charge is 2.19. The molecule has 0 aliphatic carbocycles. The van der Waals surface area contributed by atoms with Gasteiger partial charge in [-0.2, -0.15) is 5.10 Å². The molecule has 0 aliphatic rings. The van der Waals surface area contributed by atoms with Crippen LogP contribution < -0.4 is 15.6 Å². The third-order valence-corrected chi connectivity index (χ3v) is 4.47. The maximum absolute atomic E-state index is 12.7. The van der Waals surface area contributed by atoms with Crippen LogP contribution in [0.3, 0.4) is 0 Å². The number of carbonyl (C=O) groups is 1. The number of nitrogens with zero attached hydrogens (tertiary/aromatic N) is 2. The number of methoxy groups -OCH3 is 1. The highest BCUT2D eigenvalue weighted by Crippen LogP contribution is 2.22. The lowest BCUT2D eigenvalue weighted by Gasteiger charge is -2.25. The van der Waals surface area contributed by atoms with Crippen LogP contribution in [0.25, 0.3) is 10.8 Å². The molecule has 3 rings (SSSR count). The molecule has 1 atom stereocenters. The Morgan fingerprint density at radius 1 is 1.19 bits per heavy atom. The summed E-state index contributed by atoms with van der Waals surface area (Å²) in [5.74, 6) is 0.427. The number of hydrogen-bond acceptors (Lipinski definition) is 5. The van der Waals surface area contributed by atoms with E-state index in [4.69, 9.17) is 4.74 Å². The molecule has 27 heavy (non-hydrogen) atoms. The van der Waals surface area contributed by atoms with Gasteiger partial charge in [-0.3, -0.25) is 9.59 Å². The molecule has 7 heteroatoms. The lowest BCUT2D eigenvalue weighted by Crippen LogP contribution is -2.35. The van der Waals surface area contributed by atoms with Gasteiger partial charge in [0.25, 0.3) is 11.5 Å². The molecular weight excluding hydrogens is 344 g/mol. The zero-order valence-corrected chi connectivity index (χ0v) is 15.5. The Hall–Kier alpha value is -3.19. The minimum atomic E-state index is -0.336. The molecule has 0 aliphatic heterocycles. The zero-order valence-electron chi connectivity index (χ0n) is 15.5. The fourth-order valence-electron chi connectivity index (χ4n) is 3.01. The van der Waals surface area contributed by atoms with Gasteiger partial charge in [0.1, 0.15) is 5.75 Å². The number of carbonyl (C=O) groups excluding carboxylic acids is 1. The van der Waals surface area contributed by atoms with Crippen molar-refractivity contribution in [2.24, 2.45) is 0 Å². The van der Waals surface area contributed by atoms with Crippen LogP contribution in [-0.2, 0) is 0 Å². The first-order chi connectivity index (χ1) is 13.0. The summed E-state index contributed by atoms with van der Waals surface area (Å²) in [4.78, 5) is 26.6. The monoisotopic (exact) mass is 366 g/mol. The molecule has 140 valence electrons. The van der Waals surface area contributed by atoms with E-state index in [2.05, 4.69) is 15.5 Å². The molecule has 0 radical (unpaired) electrons. The van der Waals surface area contributed by atoms with Gasteiger partial charge in [-0.05, 0) is 37.9 Å². The summed E-state index contributed by atoms with van der Waals surface area (Å²) in [6, 6.07) is 14.6. The molecule has 7 nitrogen and oxygen atoms in total. The zero-order chi connectivity index (χ0) is 19.4. The number of amides is 1. The number of nitrogens with one attached hydrogen (secondary N) is 2. The van der Waals surface area contributed by atoms with Crippen LogP contribution in [0.4, 0.5) is 0 Å². The average Bonchev–Trinajstić information content (AvgIpc) is 2.68. The van der Waals surface area contributed by atoms with E-state index in [9.17, 15) is 9.59 Å². The molecule has 0 bridgehead atoms. The summed E-state index contributed by atoms with van der Waals surface area (Å²) in [5, 5.41) is 10.2. The first-order valence-corrected chi connectivity index (χ1v) is 8.57. The van der Waals surface area contributed by atoms with Gasteiger partial charge in [-0.25, -0.2) is 5.10 Å². The standard InChI is InChI=1S/C20H22N4O3/c1-24(2)17(13-7-6-8-14(11-13)27-3)12-21-20(26)18-15-9-4-5-10-16(15)19(25)23-22-18/h4-11,17H,12H2,1-3H3,(H,21,26)(H,23,25)/t17-/m1/s1. The number of H-pyrrole nitrogens is 1. The lowest BCUT2D eigenvalue weighted by atomic mass is 10.1. The number of likely N-dealkylation sites (N-methyl/N-ethyl adjacent to an activating group) is 1. The maximum atomic E-state index is 12.7. The van der Waals surface area contributed by atoms with Crippen molar-refractivity contribution in [3.05, 3.63) is 70.1 Å². The van der Waals surface area contributed by atoms with E-state index in [1.165, 1.54) is 0 Å². The minimum Gasteiger partial charge on any atom is -0.497 e.